The van der Waals surface area contributed by atoms with Crippen LogP contribution in [0.1, 0.15) is 32.1 Å². The summed E-state index contributed by atoms with van der Waals surface area (Å²) in [7, 11) is 0. The monoisotopic (exact) mass is 223 g/mol. The molecule has 0 aromatic carbocycles. The summed E-state index contributed by atoms with van der Waals surface area (Å²) in [4.78, 5) is 10.7. The summed E-state index contributed by atoms with van der Waals surface area (Å²) in [6, 6.07) is 3.80. The van der Waals surface area contributed by atoms with Gasteiger partial charge in [0.2, 0.25) is 0 Å². The maximum atomic E-state index is 10.7. The van der Waals surface area contributed by atoms with Crippen LogP contribution in [0.5, 0.6) is 0 Å². The Morgan fingerprint density at radius 1 is 1.69 bits per heavy atom. The van der Waals surface area contributed by atoms with Gasteiger partial charge < -0.3 is 14.8 Å². The molecular weight excluding hydrogens is 206 g/mol. The van der Waals surface area contributed by atoms with Gasteiger partial charge in [-0.25, -0.2) is 4.79 Å². The molecule has 2 N–H and O–H groups in total. The first-order chi connectivity index (χ1) is 7.65. The van der Waals surface area contributed by atoms with Crippen molar-refractivity contribution in [3.63, 3.8) is 0 Å². The normalized spacial score (nSPS) is 13.8. The summed E-state index contributed by atoms with van der Waals surface area (Å²) < 4.78 is 5.23. The van der Waals surface area contributed by atoms with E-state index in [2.05, 4.69) is 5.32 Å². The molecule has 1 atom stereocenters. The molecule has 1 rings (SSSR count). The highest BCUT2D eigenvalue weighted by Gasteiger charge is 2.07. The number of aliphatic carboxylic acids is 1. The predicted octanol–water partition coefficient (Wildman–Crippen LogP) is 2.35. The van der Waals surface area contributed by atoms with Gasteiger partial charge >= 0.3 is 5.97 Å². The average molecular weight is 223 g/mol. The molecule has 1 aromatic heterocycles. The van der Waals surface area contributed by atoms with Crippen LogP contribution in [-0.2, 0) is 4.79 Å². The Balaban J connectivity index is 2.43. The van der Waals surface area contributed by atoms with Crippen molar-refractivity contribution >= 4 is 5.97 Å². The van der Waals surface area contributed by atoms with E-state index in [1.807, 2.05) is 26.0 Å². The Hall–Kier alpha value is -1.55. The molecule has 0 amide bonds. The van der Waals surface area contributed by atoms with E-state index >= 15 is 0 Å². The third-order valence-electron chi connectivity index (χ3n) is 2.40. The van der Waals surface area contributed by atoms with Gasteiger partial charge in [-0.3, -0.25) is 0 Å². The molecule has 4 heteroatoms. The van der Waals surface area contributed by atoms with E-state index in [-0.39, 0.29) is 6.04 Å². The van der Waals surface area contributed by atoms with Crippen molar-refractivity contribution in [3.05, 3.63) is 35.8 Å². The smallest absolute Gasteiger partial charge is 0.331 e. The van der Waals surface area contributed by atoms with Gasteiger partial charge in [-0.1, -0.05) is 13.0 Å². The molecule has 4 nitrogen and oxygen atoms in total. The van der Waals surface area contributed by atoms with E-state index < -0.39 is 5.97 Å². The van der Waals surface area contributed by atoms with Crippen LogP contribution >= 0.6 is 0 Å². The van der Waals surface area contributed by atoms with Crippen LogP contribution < -0.4 is 5.32 Å². The molecule has 0 saturated heterocycles. The Kier molecular flexibility index (Phi) is 4.79. The van der Waals surface area contributed by atoms with Gasteiger partial charge in [0.05, 0.1) is 12.3 Å². The van der Waals surface area contributed by atoms with Crippen molar-refractivity contribution in [1.29, 1.82) is 0 Å². The van der Waals surface area contributed by atoms with Crippen LogP contribution in [0, 0.1) is 0 Å². The van der Waals surface area contributed by atoms with Crippen LogP contribution in [0.2, 0.25) is 0 Å². The van der Waals surface area contributed by atoms with E-state index in [0.29, 0.717) is 18.5 Å². The molecular formula is C12H17NO3. The van der Waals surface area contributed by atoms with E-state index in [9.17, 15) is 4.79 Å². The number of furan rings is 1. The molecule has 0 radical (unpaired) electrons. The highest BCUT2D eigenvalue weighted by atomic mass is 16.4. The first-order valence-electron chi connectivity index (χ1n) is 5.34. The largest absolute Gasteiger partial charge is 0.478 e. The Morgan fingerprint density at radius 3 is 2.94 bits per heavy atom. The van der Waals surface area contributed by atoms with Crippen LogP contribution in [0.15, 0.2) is 34.5 Å². The van der Waals surface area contributed by atoms with Crippen molar-refractivity contribution in [2.75, 3.05) is 6.54 Å². The van der Waals surface area contributed by atoms with Crippen LogP contribution in [0.3, 0.4) is 0 Å². The Bertz CT molecular complexity index is 354. The molecule has 0 saturated carbocycles. The fourth-order valence-electron chi connectivity index (χ4n) is 1.38. The van der Waals surface area contributed by atoms with Gasteiger partial charge in [-0.15, -0.1) is 0 Å². The van der Waals surface area contributed by atoms with Crippen molar-refractivity contribution in [2.24, 2.45) is 0 Å². The number of rotatable bonds is 6. The number of hydrogen-bond donors (Lipinski definition) is 2. The summed E-state index contributed by atoms with van der Waals surface area (Å²) in [6.07, 6.45) is 3.85. The van der Waals surface area contributed by atoms with Crippen molar-refractivity contribution < 1.29 is 14.3 Å². The van der Waals surface area contributed by atoms with Crippen LogP contribution in [-0.4, -0.2) is 17.6 Å². The number of nitrogens with one attached hydrogen (secondary N) is 1. The van der Waals surface area contributed by atoms with Gasteiger partial charge in [-0.2, -0.15) is 0 Å². The SMILES string of the molecule is CC/C(=C/CN[C@H](C)c1ccco1)C(=O)O. The fourth-order valence-corrected chi connectivity index (χ4v) is 1.38. The second-order valence-corrected chi connectivity index (χ2v) is 3.53. The lowest BCUT2D eigenvalue weighted by atomic mass is 10.2. The minimum Gasteiger partial charge on any atom is -0.478 e. The molecule has 0 unspecified atom stereocenters. The molecule has 88 valence electrons. The summed E-state index contributed by atoms with van der Waals surface area (Å²) in [5, 5.41) is 12.0. The summed E-state index contributed by atoms with van der Waals surface area (Å²) >= 11 is 0. The van der Waals surface area contributed by atoms with Gasteiger partial charge in [-0.05, 0) is 25.5 Å². The lowest BCUT2D eigenvalue weighted by molar-refractivity contribution is -0.132. The third-order valence-corrected chi connectivity index (χ3v) is 2.40. The molecule has 0 bridgehead atoms. The second kappa shape index (κ2) is 6.12. The zero-order valence-corrected chi connectivity index (χ0v) is 9.56. The highest BCUT2D eigenvalue weighted by Crippen LogP contribution is 2.11. The molecule has 0 spiro atoms. The molecule has 1 aromatic rings. The number of carboxylic acids is 1. The number of carbonyl (C=O) groups is 1. The summed E-state index contributed by atoms with van der Waals surface area (Å²) in [5.74, 6) is -0.00303. The molecule has 0 aliphatic carbocycles. The molecule has 16 heavy (non-hydrogen) atoms. The minimum atomic E-state index is -0.852. The van der Waals surface area contributed by atoms with Crippen molar-refractivity contribution in [1.82, 2.24) is 5.32 Å². The zero-order valence-electron chi connectivity index (χ0n) is 9.56. The van der Waals surface area contributed by atoms with E-state index in [1.165, 1.54) is 0 Å². The highest BCUT2D eigenvalue weighted by molar-refractivity contribution is 5.86. The summed E-state index contributed by atoms with van der Waals surface area (Å²) in [5.41, 5.74) is 0.430. The molecule has 0 aliphatic rings. The van der Waals surface area contributed by atoms with Gasteiger partial charge in [0.25, 0.3) is 0 Å². The predicted molar refractivity (Wildman–Crippen MR) is 61.1 cm³/mol. The quantitative estimate of drug-likeness (QED) is 0.727. The van der Waals surface area contributed by atoms with E-state index in [0.717, 1.165) is 5.76 Å². The van der Waals surface area contributed by atoms with Crippen LogP contribution in [0.25, 0.3) is 0 Å². The zero-order chi connectivity index (χ0) is 12.0. The molecule has 1 heterocycles. The minimum absolute atomic E-state index is 0.0816. The maximum Gasteiger partial charge on any atom is 0.331 e. The standard InChI is InChI=1S/C12H17NO3/c1-3-10(12(14)15)6-7-13-9(2)11-5-4-8-16-11/h4-6,8-9,13H,3,7H2,1-2H3,(H,14,15)/b10-6-/t9-/m1/s1. The van der Waals surface area contributed by atoms with Crippen molar-refractivity contribution in [3.8, 4) is 0 Å². The van der Waals surface area contributed by atoms with Crippen molar-refractivity contribution in [2.45, 2.75) is 26.3 Å². The first kappa shape index (κ1) is 12.5. The first-order valence-corrected chi connectivity index (χ1v) is 5.34. The average Bonchev–Trinajstić information content (AvgIpc) is 2.76. The molecule has 0 fully saturated rings. The lowest BCUT2D eigenvalue weighted by Gasteiger charge is -2.09. The van der Waals surface area contributed by atoms with Gasteiger partial charge in [0.1, 0.15) is 5.76 Å². The number of carboxylic acid groups (broad SMARTS) is 1. The Labute approximate surface area is 95.0 Å². The van der Waals surface area contributed by atoms with Crippen LogP contribution in [0.4, 0.5) is 0 Å². The van der Waals surface area contributed by atoms with E-state index in [4.69, 9.17) is 9.52 Å². The second-order valence-electron chi connectivity index (χ2n) is 3.53. The molecule has 0 aliphatic heterocycles. The van der Waals surface area contributed by atoms with Gasteiger partial charge in [0.15, 0.2) is 0 Å². The summed E-state index contributed by atoms with van der Waals surface area (Å²) in [6.45, 7) is 4.33. The third kappa shape index (κ3) is 3.55. The fraction of sp³-hybridized carbons (Fsp3) is 0.417. The van der Waals surface area contributed by atoms with E-state index in [1.54, 1.807) is 12.3 Å². The lowest BCUT2D eigenvalue weighted by Crippen LogP contribution is -2.19. The Morgan fingerprint density at radius 2 is 2.44 bits per heavy atom. The maximum absolute atomic E-state index is 10.7. The number of hydrogen-bond acceptors (Lipinski definition) is 3. The van der Waals surface area contributed by atoms with Gasteiger partial charge in [0, 0.05) is 12.1 Å². The topological polar surface area (TPSA) is 62.5 Å².